The summed E-state index contributed by atoms with van der Waals surface area (Å²) in [4.78, 5) is 5.55. The van der Waals surface area contributed by atoms with E-state index in [-0.39, 0.29) is 6.29 Å². The molecule has 1 N–H and O–H groups in total. The predicted octanol–water partition coefficient (Wildman–Crippen LogP) is 3.75. The fourth-order valence-electron chi connectivity index (χ4n) is 1.85. The molecule has 0 spiro atoms. The van der Waals surface area contributed by atoms with Gasteiger partial charge in [0.2, 0.25) is 0 Å². The molecule has 1 aliphatic rings. The first-order chi connectivity index (χ1) is 8.79. The molecule has 0 saturated carbocycles. The molecule has 98 valence electrons. The normalized spacial score (nSPS) is 20.8. The number of allylic oxidation sites excluding steroid dienone is 1. The second-order valence-electron chi connectivity index (χ2n) is 4.23. The molecule has 1 atom stereocenters. The summed E-state index contributed by atoms with van der Waals surface area (Å²) in [5.41, 5.74) is 4.92. The third-order valence-corrected chi connectivity index (χ3v) is 3.13. The van der Waals surface area contributed by atoms with Crippen molar-refractivity contribution in [3.8, 4) is 0 Å². The summed E-state index contributed by atoms with van der Waals surface area (Å²) < 4.78 is 5.49. The van der Waals surface area contributed by atoms with E-state index in [0.29, 0.717) is 0 Å². The van der Waals surface area contributed by atoms with Crippen LogP contribution in [0.25, 0.3) is 5.70 Å². The van der Waals surface area contributed by atoms with Crippen LogP contribution in [0.5, 0.6) is 0 Å². The number of nitrogens with one attached hydrogen (secondary N) is 1. The number of benzene rings is 1. The van der Waals surface area contributed by atoms with Crippen LogP contribution in [-0.4, -0.2) is 12.9 Å². The molecule has 4 heteroatoms. The van der Waals surface area contributed by atoms with Crippen molar-refractivity contribution in [3.63, 3.8) is 0 Å². The number of hydroxylamine groups is 1. The van der Waals surface area contributed by atoms with Gasteiger partial charge in [0.25, 0.3) is 0 Å². The van der Waals surface area contributed by atoms with Crippen LogP contribution in [0.4, 0.5) is 0 Å². The Morgan fingerprint density at radius 3 is 2.78 bits per heavy atom. The number of hydrogen-bond acceptors (Lipinski definition) is 3. The van der Waals surface area contributed by atoms with Gasteiger partial charge in [0, 0.05) is 18.1 Å². The zero-order valence-corrected chi connectivity index (χ0v) is 11.2. The van der Waals surface area contributed by atoms with Crippen LogP contribution < -0.4 is 5.48 Å². The Labute approximate surface area is 113 Å². The minimum Gasteiger partial charge on any atom is -0.350 e. The molecular formula is C14H18ClNO2. The highest BCUT2D eigenvalue weighted by Crippen LogP contribution is 2.17. The standard InChI is InChI=1S/C14H18ClNO2/c1-2-13(11-6-8-12(15)9-7-11)16-18-14-5-3-4-10-17-14/h2,6-9,14,16H,3-5,10H2,1H3/b13-2+. The Morgan fingerprint density at radius 1 is 1.39 bits per heavy atom. The Kier molecular flexibility index (Phi) is 5.05. The monoisotopic (exact) mass is 267 g/mol. The van der Waals surface area contributed by atoms with Crippen LogP contribution in [0.2, 0.25) is 5.02 Å². The highest BCUT2D eigenvalue weighted by atomic mass is 35.5. The van der Waals surface area contributed by atoms with Gasteiger partial charge in [-0.1, -0.05) is 29.8 Å². The first kappa shape index (κ1) is 13.4. The minimum absolute atomic E-state index is 0.152. The number of halogens is 1. The van der Waals surface area contributed by atoms with E-state index in [2.05, 4.69) is 5.48 Å². The van der Waals surface area contributed by atoms with Crippen LogP contribution >= 0.6 is 11.6 Å². The van der Waals surface area contributed by atoms with Crippen molar-refractivity contribution in [2.45, 2.75) is 32.5 Å². The molecule has 0 radical (unpaired) electrons. The quantitative estimate of drug-likeness (QED) is 0.843. The van der Waals surface area contributed by atoms with Crippen LogP contribution in [0.3, 0.4) is 0 Å². The zero-order chi connectivity index (χ0) is 12.8. The predicted molar refractivity (Wildman–Crippen MR) is 72.9 cm³/mol. The van der Waals surface area contributed by atoms with Crippen LogP contribution in [0.1, 0.15) is 31.7 Å². The van der Waals surface area contributed by atoms with Crippen molar-refractivity contribution < 1.29 is 9.57 Å². The second-order valence-corrected chi connectivity index (χ2v) is 4.66. The highest BCUT2D eigenvalue weighted by molar-refractivity contribution is 6.30. The number of ether oxygens (including phenoxy) is 1. The van der Waals surface area contributed by atoms with Gasteiger partial charge in [-0.25, -0.2) is 4.84 Å². The molecule has 1 aliphatic heterocycles. The molecule has 1 aromatic carbocycles. The van der Waals surface area contributed by atoms with Gasteiger partial charge in [0.1, 0.15) is 0 Å². The van der Waals surface area contributed by atoms with E-state index in [4.69, 9.17) is 21.2 Å². The molecule has 1 aromatic rings. The number of hydrogen-bond donors (Lipinski definition) is 1. The van der Waals surface area contributed by atoms with E-state index >= 15 is 0 Å². The van der Waals surface area contributed by atoms with Gasteiger partial charge in [-0.3, -0.25) is 5.48 Å². The average molecular weight is 268 g/mol. The summed E-state index contributed by atoms with van der Waals surface area (Å²) in [5.74, 6) is 0. The topological polar surface area (TPSA) is 30.5 Å². The summed E-state index contributed by atoms with van der Waals surface area (Å²) in [6, 6.07) is 7.63. The fourth-order valence-corrected chi connectivity index (χ4v) is 1.97. The van der Waals surface area contributed by atoms with Crippen molar-refractivity contribution in [1.29, 1.82) is 0 Å². The SMILES string of the molecule is C/C=C(/NOC1CCCCO1)c1ccc(Cl)cc1. The third-order valence-electron chi connectivity index (χ3n) is 2.88. The molecule has 0 bridgehead atoms. The third kappa shape index (κ3) is 3.73. The van der Waals surface area contributed by atoms with Crippen molar-refractivity contribution in [2.75, 3.05) is 6.61 Å². The highest BCUT2D eigenvalue weighted by Gasteiger charge is 2.14. The van der Waals surface area contributed by atoms with Gasteiger partial charge in [-0.05, 0) is 37.5 Å². The van der Waals surface area contributed by atoms with E-state index < -0.39 is 0 Å². The van der Waals surface area contributed by atoms with Gasteiger partial charge < -0.3 is 4.74 Å². The zero-order valence-electron chi connectivity index (χ0n) is 10.5. The van der Waals surface area contributed by atoms with Gasteiger partial charge in [-0.15, -0.1) is 0 Å². The van der Waals surface area contributed by atoms with E-state index in [9.17, 15) is 0 Å². The molecular weight excluding hydrogens is 250 g/mol. The Bertz CT molecular complexity index is 397. The molecule has 0 aromatic heterocycles. The van der Waals surface area contributed by atoms with Gasteiger partial charge in [0.15, 0.2) is 6.29 Å². The van der Waals surface area contributed by atoms with Crippen LogP contribution in [-0.2, 0) is 9.57 Å². The van der Waals surface area contributed by atoms with Crippen molar-refractivity contribution in [1.82, 2.24) is 5.48 Å². The summed E-state index contributed by atoms with van der Waals surface area (Å²) >= 11 is 5.87. The summed E-state index contributed by atoms with van der Waals surface area (Å²) in [6.07, 6.45) is 5.02. The summed E-state index contributed by atoms with van der Waals surface area (Å²) in [7, 11) is 0. The van der Waals surface area contributed by atoms with Crippen molar-refractivity contribution in [3.05, 3.63) is 40.9 Å². The lowest BCUT2D eigenvalue weighted by molar-refractivity contribution is -0.184. The van der Waals surface area contributed by atoms with E-state index in [0.717, 1.165) is 42.2 Å². The molecule has 1 unspecified atom stereocenters. The molecule has 18 heavy (non-hydrogen) atoms. The maximum Gasteiger partial charge on any atom is 0.183 e. The molecule has 0 aliphatic carbocycles. The first-order valence-corrected chi connectivity index (χ1v) is 6.63. The lowest BCUT2D eigenvalue weighted by Gasteiger charge is -2.23. The molecule has 1 saturated heterocycles. The van der Waals surface area contributed by atoms with E-state index in [1.165, 1.54) is 0 Å². The second kappa shape index (κ2) is 6.78. The lowest BCUT2D eigenvalue weighted by Crippen LogP contribution is -2.28. The minimum atomic E-state index is -0.152. The van der Waals surface area contributed by atoms with Gasteiger partial charge >= 0.3 is 0 Å². The number of rotatable bonds is 4. The van der Waals surface area contributed by atoms with E-state index in [1.807, 2.05) is 37.3 Å². The summed E-state index contributed by atoms with van der Waals surface area (Å²) in [5, 5.41) is 0.728. The van der Waals surface area contributed by atoms with Gasteiger partial charge in [-0.2, -0.15) is 0 Å². The Hall–Kier alpha value is -1.03. The molecule has 1 fully saturated rings. The smallest absolute Gasteiger partial charge is 0.183 e. The largest absolute Gasteiger partial charge is 0.350 e. The van der Waals surface area contributed by atoms with Gasteiger partial charge in [0.05, 0.1) is 5.70 Å². The molecule has 2 rings (SSSR count). The lowest BCUT2D eigenvalue weighted by atomic mass is 10.1. The van der Waals surface area contributed by atoms with Crippen molar-refractivity contribution in [2.24, 2.45) is 0 Å². The maximum absolute atomic E-state index is 5.87. The molecule has 0 amide bonds. The Morgan fingerprint density at radius 2 is 2.17 bits per heavy atom. The van der Waals surface area contributed by atoms with Crippen LogP contribution in [0, 0.1) is 0 Å². The van der Waals surface area contributed by atoms with Crippen molar-refractivity contribution >= 4 is 17.3 Å². The summed E-state index contributed by atoms with van der Waals surface area (Å²) in [6.45, 7) is 2.74. The fraction of sp³-hybridized carbons (Fsp3) is 0.429. The molecule has 1 heterocycles. The average Bonchev–Trinajstić information content (AvgIpc) is 2.42. The molecule has 3 nitrogen and oxygen atoms in total. The van der Waals surface area contributed by atoms with E-state index in [1.54, 1.807) is 0 Å². The maximum atomic E-state index is 5.87. The Balaban J connectivity index is 1.91. The van der Waals surface area contributed by atoms with Crippen LogP contribution in [0.15, 0.2) is 30.3 Å². The first-order valence-electron chi connectivity index (χ1n) is 6.25.